The van der Waals surface area contributed by atoms with Crippen molar-refractivity contribution in [2.75, 3.05) is 6.61 Å². The molecule has 134 valence electrons. The van der Waals surface area contributed by atoms with Gasteiger partial charge in [0.2, 0.25) is 5.91 Å². The predicted octanol–water partition coefficient (Wildman–Crippen LogP) is 0.410. The Hall–Kier alpha value is -3.19. The van der Waals surface area contributed by atoms with Crippen molar-refractivity contribution in [3.05, 3.63) is 81.0 Å². The maximum absolute atomic E-state index is 12.4. The van der Waals surface area contributed by atoms with Crippen molar-refractivity contribution in [2.45, 2.75) is 19.0 Å². The third-order valence-electron chi connectivity index (χ3n) is 4.10. The second-order valence-electron chi connectivity index (χ2n) is 6.00. The van der Waals surface area contributed by atoms with E-state index in [9.17, 15) is 19.5 Å². The Bertz CT molecular complexity index is 1020. The minimum Gasteiger partial charge on any atom is -0.394 e. The first-order valence-electron chi connectivity index (χ1n) is 8.24. The molecule has 1 unspecified atom stereocenters. The molecule has 0 fully saturated rings. The van der Waals surface area contributed by atoms with Crippen molar-refractivity contribution in [1.29, 1.82) is 0 Å². The number of hydrogen-bond acceptors (Lipinski definition) is 4. The first-order valence-corrected chi connectivity index (χ1v) is 8.24. The fourth-order valence-corrected chi connectivity index (χ4v) is 2.82. The fraction of sp³-hybridized carbons (Fsp3) is 0.211. The van der Waals surface area contributed by atoms with Crippen LogP contribution in [-0.4, -0.2) is 33.2 Å². The number of H-pyrrole nitrogens is 1. The van der Waals surface area contributed by atoms with Gasteiger partial charge < -0.3 is 15.4 Å². The SMILES string of the molecule is O=C(Cn1c(=O)[nH]c2ccccc2c1=O)NC(CO)Cc1ccccc1. The van der Waals surface area contributed by atoms with Gasteiger partial charge in [0.1, 0.15) is 6.54 Å². The summed E-state index contributed by atoms with van der Waals surface area (Å²) in [6.45, 7) is -0.659. The maximum Gasteiger partial charge on any atom is 0.329 e. The number of aromatic nitrogens is 2. The molecule has 0 aliphatic heterocycles. The lowest BCUT2D eigenvalue weighted by Gasteiger charge is -2.16. The molecule has 0 aliphatic carbocycles. The van der Waals surface area contributed by atoms with Crippen molar-refractivity contribution in [1.82, 2.24) is 14.9 Å². The Morgan fingerprint density at radius 3 is 2.50 bits per heavy atom. The van der Waals surface area contributed by atoms with Crippen LogP contribution >= 0.6 is 0 Å². The van der Waals surface area contributed by atoms with Crippen LogP contribution in [0, 0.1) is 0 Å². The van der Waals surface area contributed by atoms with Gasteiger partial charge in [-0.15, -0.1) is 0 Å². The van der Waals surface area contributed by atoms with Crippen LogP contribution in [0.15, 0.2) is 64.2 Å². The van der Waals surface area contributed by atoms with Crippen molar-refractivity contribution in [3.8, 4) is 0 Å². The van der Waals surface area contributed by atoms with Gasteiger partial charge in [0.25, 0.3) is 5.56 Å². The lowest BCUT2D eigenvalue weighted by atomic mass is 10.1. The zero-order chi connectivity index (χ0) is 18.5. The number of benzene rings is 2. The van der Waals surface area contributed by atoms with Crippen LogP contribution in [0.1, 0.15) is 5.56 Å². The van der Waals surface area contributed by atoms with Gasteiger partial charge in [0, 0.05) is 0 Å². The largest absolute Gasteiger partial charge is 0.394 e. The first kappa shape index (κ1) is 17.6. The molecule has 2 aromatic carbocycles. The molecule has 0 saturated carbocycles. The molecule has 0 spiro atoms. The van der Waals surface area contributed by atoms with Crippen LogP contribution in [0.3, 0.4) is 0 Å². The van der Waals surface area contributed by atoms with Gasteiger partial charge >= 0.3 is 5.69 Å². The number of fused-ring (bicyclic) bond motifs is 1. The van der Waals surface area contributed by atoms with Gasteiger partial charge in [-0.05, 0) is 24.1 Å². The molecule has 1 atom stereocenters. The lowest BCUT2D eigenvalue weighted by molar-refractivity contribution is -0.122. The summed E-state index contributed by atoms with van der Waals surface area (Å²) in [5, 5.41) is 12.5. The summed E-state index contributed by atoms with van der Waals surface area (Å²) in [4.78, 5) is 39.4. The Labute approximate surface area is 148 Å². The topological polar surface area (TPSA) is 104 Å². The van der Waals surface area contributed by atoms with Crippen LogP contribution in [0.5, 0.6) is 0 Å². The number of rotatable bonds is 6. The maximum atomic E-state index is 12.4. The van der Waals surface area contributed by atoms with E-state index in [-0.39, 0.29) is 6.61 Å². The molecule has 0 aliphatic rings. The number of carbonyl (C=O) groups is 1. The summed E-state index contributed by atoms with van der Waals surface area (Å²) >= 11 is 0. The summed E-state index contributed by atoms with van der Waals surface area (Å²) in [7, 11) is 0. The number of hydrogen-bond donors (Lipinski definition) is 3. The van der Waals surface area contributed by atoms with Gasteiger partial charge in [0.05, 0.1) is 23.6 Å². The van der Waals surface area contributed by atoms with Gasteiger partial charge in [-0.3, -0.25) is 14.2 Å². The molecule has 3 rings (SSSR count). The van der Waals surface area contributed by atoms with Gasteiger partial charge in [-0.25, -0.2) is 4.79 Å². The van der Waals surface area contributed by atoms with E-state index >= 15 is 0 Å². The van der Waals surface area contributed by atoms with E-state index in [2.05, 4.69) is 10.3 Å². The van der Waals surface area contributed by atoms with E-state index in [1.165, 1.54) is 0 Å². The summed E-state index contributed by atoms with van der Waals surface area (Å²) in [5.74, 6) is -0.511. The van der Waals surface area contributed by atoms with Crippen LogP contribution in [0.4, 0.5) is 0 Å². The highest BCUT2D eigenvalue weighted by Crippen LogP contribution is 2.04. The highest BCUT2D eigenvalue weighted by Gasteiger charge is 2.15. The molecule has 1 heterocycles. The number of carbonyl (C=O) groups excluding carboxylic acids is 1. The fourth-order valence-electron chi connectivity index (χ4n) is 2.82. The Kier molecular flexibility index (Phi) is 5.28. The quantitative estimate of drug-likeness (QED) is 0.597. The number of nitrogens with one attached hydrogen (secondary N) is 2. The van der Waals surface area contributed by atoms with Crippen molar-refractivity contribution in [2.24, 2.45) is 0 Å². The lowest BCUT2D eigenvalue weighted by Crippen LogP contribution is -2.45. The number of aliphatic hydroxyl groups is 1. The second kappa shape index (κ2) is 7.79. The molecular weight excluding hydrogens is 334 g/mol. The molecular formula is C19H19N3O4. The van der Waals surface area contributed by atoms with E-state index in [0.717, 1.165) is 10.1 Å². The Balaban J connectivity index is 1.76. The molecule has 1 aromatic heterocycles. The zero-order valence-corrected chi connectivity index (χ0v) is 14.0. The van der Waals surface area contributed by atoms with Crippen LogP contribution < -0.4 is 16.6 Å². The minimum atomic E-state index is -0.646. The molecule has 1 amide bonds. The highest BCUT2D eigenvalue weighted by molar-refractivity contribution is 5.79. The number of aliphatic hydroxyl groups excluding tert-OH is 1. The highest BCUT2D eigenvalue weighted by atomic mass is 16.3. The molecule has 0 bridgehead atoms. The average Bonchev–Trinajstić information content (AvgIpc) is 2.65. The van der Waals surface area contributed by atoms with E-state index in [0.29, 0.717) is 17.3 Å². The van der Waals surface area contributed by atoms with Gasteiger partial charge in [0.15, 0.2) is 0 Å². The predicted molar refractivity (Wildman–Crippen MR) is 98.0 cm³/mol. The third kappa shape index (κ3) is 3.89. The van der Waals surface area contributed by atoms with E-state index in [4.69, 9.17) is 0 Å². The van der Waals surface area contributed by atoms with Crippen LogP contribution in [-0.2, 0) is 17.8 Å². The van der Waals surface area contributed by atoms with E-state index in [1.807, 2.05) is 30.3 Å². The molecule has 0 saturated heterocycles. The summed E-state index contributed by atoms with van der Waals surface area (Å²) < 4.78 is 0.856. The number of aromatic amines is 1. The van der Waals surface area contributed by atoms with E-state index in [1.54, 1.807) is 24.3 Å². The van der Waals surface area contributed by atoms with Crippen LogP contribution in [0.2, 0.25) is 0 Å². The summed E-state index contributed by atoms with van der Waals surface area (Å²) in [5.41, 5.74) is 0.222. The standard InChI is InChI=1S/C19H19N3O4/c23-12-14(10-13-6-2-1-3-7-13)20-17(24)11-22-18(25)15-8-4-5-9-16(15)21-19(22)26/h1-9,14,23H,10-12H2,(H,20,24)(H,21,26). The molecule has 0 radical (unpaired) electrons. The Morgan fingerprint density at radius 2 is 1.77 bits per heavy atom. The molecule has 26 heavy (non-hydrogen) atoms. The summed E-state index contributed by atoms with van der Waals surface area (Å²) in [6, 6.07) is 15.5. The first-order chi connectivity index (χ1) is 12.6. The Morgan fingerprint density at radius 1 is 1.08 bits per heavy atom. The molecule has 7 heteroatoms. The van der Waals surface area contributed by atoms with Crippen molar-refractivity contribution in [3.63, 3.8) is 0 Å². The average molecular weight is 353 g/mol. The molecule has 3 N–H and O–H groups in total. The molecule has 7 nitrogen and oxygen atoms in total. The van der Waals surface area contributed by atoms with Crippen molar-refractivity contribution >= 4 is 16.8 Å². The zero-order valence-electron chi connectivity index (χ0n) is 14.0. The number of nitrogens with zero attached hydrogens (tertiary/aromatic N) is 1. The van der Waals surface area contributed by atoms with Gasteiger partial charge in [-0.1, -0.05) is 42.5 Å². The molecule has 3 aromatic rings. The second-order valence-corrected chi connectivity index (χ2v) is 6.00. The van der Waals surface area contributed by atoms with E-state index < -0.39 is 29.7 Å². The number of para-hydroxylation sites is 1. The minimum absolute atomic E-state index is 0.246. The van der Waals surface area contributed by atoms with Crippen LogP contribution in [0.25, 0.3) is 10.9 Å². The normalized spacial score (nSPS) is 12.0. The third-order valence-corrected chi connectivity index (χ3v) is 4.10. The summed E-state index contributed by atoms with van der Waals surface area (Å²) in [6.07, 6.45) is 0.450. The monoisotopic (exact) mass is 353 g/mol. The number of amides is 1. The smallest absolute Gasteiger partial charge is 0.329 e. The van der Waals surface area contributed by atoms with Gasteiger partial charge in [-0.2, -0.15) is 0 Å². The van der Waals surface area contributed by atoms with Crippen molar-refractivity contribution < 1.29 is 9.90 Å².